The number of methoxy groups -OCH3 is 2. The number of para-hydroxylation sites is 1. The second-order valence-corrected chi connectivity index (χ2v) is 8.77. The van der Waals surface area contributed by atoms with Gasteiger partial charge in [0.1, 0.15) is 0 Å². The first-order valence-electron chi connectivity index (χ1n) is 9.55. The maximum atomic E-state index is 12.9. The van der Waals surface area contributed by atoms with E-state index in [1.807, 2.05) is 12.1 Å². The van der Waals surface area contributed by atoms with E-state index in [9.17, 15) is 13.2 Å². The molecule has 2 aromatic rings. The predicted molar refractivity (Wildman–Crippen MR) is 111 cm³/mol. The van der Waals surface area contributed by atoms with Crippen molar-refractivity contribution < 1.29 is 27.4 Å². The van der Waals surface area contributed by atoms with E-state index in [4.69, 9.17) is 14.2 Å². The second-order valence-electron chi connectivity index (χ2n) is 6.83. The number of ether oxygens (including phenoxy) is 3. The molecule has 1 amide bonds. The van der Waals surface area contributed by atoms with Crippen molar-refractivity contribution in [3.63, 3.8) is 0 Å². The van der Waals surface area contributed by atoms with Crippen LogP contribution in [0.4, 0.5) is 0 Å². The summed E-state index contributed by atoms with van der Waals surface area (Å²) in [7, 11) is -0.604. The van der Waals surface area contributed by atoms with Crippen LogP contribution >= 0.6 is 0 Å². The van der Waals surface area contributed by atoms with E-state index in [-0.39, 0.29) is 17.3 Å². The van der Waals surface area contributed by atoms with Gasteiger partial charge < -0.3 is 19.5 Å². The molecule has 9 heteroatoms. The molecule has 8 nitrogen and oxygen atoms in total. The van der Waals surface area contributed by atoms with Crippen molar-refractivity contribution in [1.29, 1.82) is 0 Å². The zero-order chi connectivity index (χ0) is 21.7. The van der Waals surface area contributed by atoms with Gasteiger partial charge >= 0.3 is 0 Å². The molecule has 0 spiro atoms. The molecular formula is C21H26N2O6S. The summed E-state index contributed by atoms with van der Waals surface area (Å²) in [5, 5.41) is 2.84. The molecule has 0 bridgehead atoms. The fourth-order valence-electron chi connectivity index (χ4n) is 3.31. The molecule has 162 valence electrons. The molecule has 3 rings (SSSR count). The molecule has 0 unspecified atom stereocenters. The molecule has 1 heterocycles. The van der Waals surface area contributed by atoms with Crippen LogP contribution in [0.2, 0.25) is 0 Å². The maximum absolute atomic E-state index is 12.9. The Balaban J connectivity index is 1.81. The zero-order valence-electron chi connectivity index (χ0n) is 17.3. The van der Waals surface area contributed by atoms with Gasteiger partial charge in [-0.05, 0) is 30.7 Å². The molecule has 1 saturated heterocycles. The third-order valence-electron chi connectivity index (χ3n) is 4.99. The van der Waals surface area contributed by atoms with Crippen molar-refractivity contribution in [3.8, 4) is 11.5 Å². The number of nitrogens with one attached hydrogen (secondary N) is 1. The number of rotatable bonds is 7. The maximum Gasteiger partial charge on any atom is 0.251 e. The monoisotopic (exact) mass is 434 g/mol. The largest absolute Gasteiger partial charge is 0.493 e. The highest BCUT2D eigenvalue weighted by Gasteiger charge is 2.27. The van der Waals surface area contributed by atoms with Gasteiger partial charge in [0, 0.05) is 30.8 Å². The molecule has 2 aromatic carbocycles. The summed E-state index contributed by atoms with van der Waals surface area (Å²) in [6, 6.07) is 10.0. The minimum absolute atomic E-state index is 0.0964. The average Bonchev–Trinajstić information content (AvgIpc) is 2.77. The number of hydrogen-bond donors (Lipinski definition) is 1. The van der Waals surface area contributed by atoms with E-state index >= 15 is 0 Å². The van der Waals surface area contributed by atoms with E-state index in [0.717, 1.165) is 5.56 Å². The van der Waals surface area contributed by atoms with Gasteiger partial charge in [0.2, 0.25) is 10.0 Å². The third-order valence-corrected chi connectivity index (χ3v) is 6.88. The Labute approximate surface area is 176 Å². The number of sulfonamides is 1. The van der Waals surface area contributed by atoms with Gasteiger partial charge in [0.15, 0.2) is 11.5 Å². The lowest BCUT2D eigenvalue weighted by Crippen LogP contribution is -2.40. The molecule has 1 fully saturated rings. The Kier molecular flexibility index (Phi) is 6.96. The first kappa shape index (κ1) is 22.1. The normalized spacial score (nSPS) is 14.9. The van der Waals surface area contributed by atoms with Gasteiger partial charge in [0.25, 0.3) is 5.91 Å². The molecule has 0 aromatic heterocycles. The van der Waals surface area contributed by atoms with Crippen LogP contribution in [0.5, 0.6) is 11.5 Å². The topological polar surface area (TPSA) is 94.2 Å². The van der Waals surface area contributed by atoms with E-state index < -0.39 is 10.0 Å². The zero-order valence-corrected chi connectivity index (χ0v) is 18.1. The van der Waals surface area contributed by atoms with Crippen LogP contribution < -0.4 is 14.8 Å². The number of nitrogens with zero attached hydrogens (tertiary/aromatic N) is 1. The van der Waals surface area contributed by atoms with Crippen LogP contribution in [0.1, 0.15) is 21.5 Å². The van der Waals surface area contributed by atoms with Gasteiger partial charge in [-0.2, -0.15) is 4.31 Å². The SMILES string of the molecule is COc1cccc(CNC(=O)c2cc(S(=O)(=O)N3CCOCC3)ccc2C)c1OC. The van der Waals surface area contributed by atoms with Gasteiger partial charge in [-0.3, -0.25) is 4.79 Å². The summed E-state index contributed by atoms with van der Waals surface area (Å²) < 4.78 is 43.1. The van der Waals surface area contributed by atoms with E-state index in [1.165, 1.54) is 23.5 Å². The van der Waals surface area contributed by atoms with Crippen LogP contribution in [0.15, 0.2) is 41.3 Å². The van der Waals surface area contributed by atoms with Crippen molar-refractivity contribution >= 4 is 15.9 Å². The Bertz CT molecular complexity index is 1020. The quantitative estimate of drug-likeness (QED) is 0.716. The molecule has 1 aliphatic rings. The highest BCUT2D eigenvalue weighted by molar-refractivity contribution is 7.89. The van der Waals surface area contributed by atoms with Crippen LogP contribution in [0.3, 0.4) is 0 Å². The lowest BCUT2D eigenvalue weighted by atomic mass is 10.1. The number of benzene rings is 2. The van der Waals surface area contributed by atoms with Crippen molar-refractivity contribution in [1.82, 2.24) is 9.62 Å². The Morgan fingerprint density at radius 2 is 1.87 bits per heavy atom. The number of carbonyl (C=O) groups is 1. The summed E-state index contributed by atoms with van der Waals surface area (Å²) in [4.78, 5) is 12.9. The lowest BCUT2D eigenvalue weighted by Gasteiger charge is -2.26. The summed E-state index contributed by atoms with van der Waals surface area (Å²) in [5.74, 6) is 0.746. The molecule has 1 aliphatic heterocycles. The summed E-state index contributed by atoms with van der Waals surface area (Å²) in [6.45, 7) is 3.30. The van der Waals surface area contributed by atoms with Crippen LogP contribution in [-0.2, 0) is 21.3 Å². The molecule has 30 heavy (non-hydrogen) atoms. The summed E-state index contributed by atoms with van der Waals surface area (Å²) in [5.41, 5.74) is 1.75. The van der Waals surface area contributed by atoms with E-state index in [1.54, 1.807) is 26.2 Å². The Hall–Kier alpha value is -2.62. The van der Waals surface area contributed by atoms with Gasteiger partial charge in [-0.25, -0.2) is 8.42 Å². The summed E-state index contributed by atoms with van der Waals surface area (Å²) >= 11 is 0. The van der Waals surface area contributed by atoms with Crippen molar-refractivity contribution in [2.24, 2.45) is 0 Å². The minimum Gasteiger partial charge on any atom is -0.493 e. The smallest absolute Gasteiger partial charge is 0.251 e. The highest BCUT2D eigenvalue weighted by Crippen LogP contribution is 2.30. The number of aryl methyl sites for hydroxylation is 1. The van der Waals surface area contributed by atoms with Crippen molar-refractivity contribution in [2.75, 3.05) is 40.5 Å². The fraction of sp³-hybridized carbons (Fsp3) is 0.381. The first-order chi connectivity index (χ1) is 14.4. The molecular weight excluding hydrogens is 408 g/mol. The molecule has 0 aliphatic carbocycles. The highest BCUT2D eigenvalue weighted by atomic mass is 32.2. The fourth-order valence-corrected chi connectivity index (χ4v) is 4.74. The predicted octanol–water partition coefficient (Wildman–Crippen LogP) is 1.96. The van der Waals surface area contributed by atoms with Crippen molar-refractivity contribution in [2.45, 2.75) is 18.4 Å². The Morgan fingerprint density at radius 3 is 2.53 bits per heavy atom. The van der Waals surface area contributed by atoms with Gasteiger partial charge in [-0.15, -0.1) is 0 Å². The minimum atomic E-state index is -3.68. The average molecular weight is 435 g/mol. The van der Waals surface area contributed by atoms with Gasteiger partial charge in [0.05, 0.1) is 32.3 Å². The molecule has 0 saturated carbocycles. The standard InChI is InChI=1S/C21H26N2O6S/c1-15-7-8-17(30(25,26)23-9-11-29-12-10-23)13-18(15)21(24)22-14-16-5-4-6-19(27-2)20(16)28-3/h4-8,13H,9-12,14H2,1-3H3,(H,22,24). The molecule has 1 N–H and O–H groups in total. The van der Waals surface area contributed by atoms with Crippen LogP contribution in [0, 0.1) is 6.92 Å². The number of amides is 1. The second kappa shape index (κ2) is 9.46. The summed E-state index contributed by atoms with van der Waals surface area (Å²) in [6.07, 6.45) is 0. The van der Waals surface area contributed by atoms with Gasteiger partial charge in [-0.1, -0.05) is 18.2 Å². The number of morpholine rings is 1. The van der Waals surface area contributed by atoms with E-state index in [2.05, 4.69) is 5.32 Å². The Morgan fingerprint density at radius 1 is 1.13 bits per heavy atom. The van der Waals surface area contributed by atoms with Crippen LogP contribution in [-0.4, -0.2) is 59.2 Å². The molecule has 0 atom stereocenters. The van der Waals surface area contributed by atoms with Crippen LogP contribution in [0.25, 0.3) is 0 Å². The molecule has 0 radical (unpaired) electrons. The number of hydrogen-bond acceptors (Lipinski definition) is 6. The third kappa shape index (κ3) is 4.58. The number of carbonyl (C=O) groups excluding carboxylic acids is 1. The first-order valence-corrected chi connectivity index (χ1v) is 11.0. The van der Waals surface area contributed by atoms with E-state index in [0.29, 0.717) is 48.9 Å². The lowest BCUT2D eigenvalue weighted by molar-refractivity contribution is 0.0730. The van der Waals surface area contributed by atoms with Crippen molar-refractivity contribution in [3.05, 3.63) is 53.1 Å².